The maximum atomic E-state index is 5.50. The quantitative estimate of drug-likeness (QED) is 0.484. The van der Waals surface area contributed by atoms with Crippen molar-refractivity contribution < 1.29 is 18.8 Å². The van der Waals surface area contributed by atoms with Crippen molar-refractivity contribution in [2.45, 2.75) is 0 Å². The van der Waals surface area contributed by atoms with Gasteiger partial charge in [0.05, 0.1) is 37.5 Å². The van der Waals surface area contributed by atoms with Crippen LogP contribution in [0.15, 0.2) is 34.3 Å². The zero-order chi connectivity index (χ0) is 19.5. The van der Waals surface area contributed by atoms with Crippen LogP contribution in [0.2, 0.25) is 0 Å². The summed E-state index contributed by atoms with van der Waals surface area (Å²) < 4.78 is 21.0. The minimum absolute atomic E-state index is 0.341. The monoisotopic (exact) mass is 396 g/mol. The lowest BCUT2D eigenvalue weighted by Crippen LogP contribution is -1.96. The van der Waals surface area contributed by atoms with Gasteiger partial charge in [-0.1, -0.05) is 6.07 Å². The molecule has 0 bridgehead atoms. The highest BCUT2D eigenvalue weighted by Gasteiger charge is 2.15. The van der Waals surface area contributed by atoms with E-state index in [0.717, 1.165) is 10.4 Å². The minimum Gasteiger partial charge on any atom is -0.496 e. The fraction of sp³-hybridized carbons (Fsp3) is 0.158. The Balaban J connectivity index is 1.84. The molecule has 1 aromatic carbocycles. The third kappa shape index (κ3) is 3.27. The molecule has 0 unspecified atom stereocenters. The molecule has 28 heavy (non-hydrogen) atoms. The van der Waals surface area contributed by atoms with E-state index in [1.807, 2.05) is 29.7 Å². The molecule has 0 N–H and O–H groups in total. The maximum Gasteiger partial charge on any atom is 0.244 e. The summed E-state index contributed by atoms with van der Waals surface area (Å²) in [6.07, 6.45) is 3.70. The molecule has 0 amide bonds. The van der Waals surface area contributed by atoms with Crippen LogP contribution in [0.5, 0.6) is 17.2 Å². The number of nitrogens with zero attached hydrogens (tertiary/aromatic N) is 4. The van der Waals surface area contributed by atoms with Crippen LogP contribution < -0.4 is 14.2 Å². The van der Waals surface area contributed by atoms with E-state index in [2.05, 4.69) is 20.3 Å². The molecule has 8 nitrogen and oxygen atoms in total. The standard InChI is InChI=1S/C19H16N4O4S/c1-24-11-9-14(25-2)12(15(10-11)26-3)6-7-13-17(16-5-4-8-28-16)21-19-18(20-13)22-27-23-19/h4-10H,1-3H3/b7-6+. The Hall–Kier alpha value is -3.46. The van der Waals surface area contributed by atoms with Gasteiger partial charge in [0.2, 0.25) is 11.3 Å². The molecule has 0 saturated heterocycles. The molecule has 0 spiro atoms. The van der Waals surface area contributed by atoms with E-state index >= 15 is 0 Å². The normalized spacial score (nSPS) is 11.2. The van der Waals surface area contributed by atoms with Gasteiger partial charge in [0, 0.05) is 12.1 Å². The number of fused-ring (bicyclic) bond motifs is 1. The van der Waals surface area contributed by atoms with Crippen LogP contribution in [-0.2, 0) is 0 Å². The molecule has 0 atom stereocenters. The van der Waals surface area contributed by atoms with Gasteiger partial charge in [-0.25, -0.2) is 14.6 Å². The molecular weight excluding hydrogens is 380 g/mol. The fourth-order valence-electron chi connectivity index (χ4n) is 2.72. The van der Waals surface area contributed by atoms with Crippen LogP contribution in [0, 0.1) is 0 Å². The lowest BCUT2D eigenvalue weighted by atomic mass is 10.1. The predicted molar refractivity (Wildman–Crippen MR) is 106 cm³/mol. The van der Waals surface area contributed by atoms with E-state index in [9.17, 15) is 0 Å². The zero-order valence-electron chi connectivity index (χ0n) is 15.4. The first-order valence-corrected chi connectivity index (χ1v) is 9.13. The number of methoxy groups -OCH3 is 3. The van der Waals surface area contributed by atoms with Crippen LogP contribution in [0.3, 0.4) is 0 Å². The first-order valence-electron chi connectivity index (χ1n) is 8.25. The predicted octanol–water partition coefficient (Wildman–Crippen LogP) is 3.94. The summed E-state index contributed by atoms with van der Waals surface area (Å²) in [5, 5.41) is 9.56. The Labute approximate surface area is 164 Å². The summed E-state index contributed by atoms with van der Waals surface area (Å²) in [6.45, 7) is 0. The second-order valence-electron chi connectivity index (χ2n) is 5.63. The Morgan fingerprint density at radius 3 is 2.25 bits per heavy atom. The highest BCUT2D eigenvalue weighted by molar-refractivity contribution is 7.13. The molecule has 0 aliphatic carbocycles. The third-order valence-electron chi connectivity index (χ3n) is 4.06. The van der Waals surface area contributed by atoms with Crippen LogP contribution >= 0.6 is 11.3 Å². The highest BCUT2D eigenvalue weighted by Crippen LogP contribution is 2.36. The Morgan fingerprint density at radius 2 is 1.64 bits per heavy atom. The zero-order valence-corrected chi connectivity index (χ0v) is 16.2. The van der Waals surface area contributed by atoms with Gasteiger partial charge in [0.1, 0.15) is 22.9 Å². The van der Waals surface area contributed by atoms with Crippen molar-refractivity contribution >= 4 is 34.8 Å². The molecule has 0 saturated carbocycles. The Bertz CT molecular complexity index is 1110. The molecule has 0 radical (unpaired) electrons. The van der Waals surface area contributed by atoms with E-state index in [4.69, 9.17) is 18.8 Å². The Kier molecular flexibility index (Phi) is 4.90. The number of aromatic nitrogens is 4. The number of hydrogen-bond donors (Lipinski definition) is 0. The molecule has 142 valence electrons. The number of rotatable bonds is 6. The van der Waals surface area contributed by atoms with E-state index in [1.165, 1.54) is 0 Å². The second-order valence-corrected chi connectivity index (χ2v) is 6.57. The van der Waals surface area contributed by atoms with Crippen molar-refractivity contribution in [3.8, 4) is 27.8 Å². The van der Waals surface area contributed by atoms with Crippen molar-refractivity contribution in [2.24, 2.45) is 0 Å². The summed E-state index contributed by atoms with van der Waals surface area (Å²) in [6, 6.07) is 7.51. The minimum atomic E-state index is 0.341. The molecule has 0 aliphatic heterocycles. The third-order valence-corrected chi connectivity index (χ3v) is 4.93. The van der Waals surface area contributed by atoms with Gasteiger partial charge in [0.25, 0.3) is 0 Å². The second kappa shape index (κ2) is 7.65. The molecule has 4 aromatic rings. The van der Waals surface area contributed by atoms with E-state index in [1.54, 1.807) is 44.8 Å². The summed E-state index contributed by atoms with van der Waals surface area (Å²) in [7, 11) is 4.78. The summed E-state index contributed by atoms with van der Waals surface area (Å²) in [4.78, 5) is 10.0. The van der Waals surface area contributed by atoms with Gasteiger partial charge < -0.3 is 14.2 Å². The summed E-state index contributed by atoms with van der Waals surface area (Å²) >= 11 is 1.56. The Morgan fingerprint density at radius 1 is 0.929 bits per heavy atom. The summed E-state index contributed by atoms with van der Waals surface area (Å²) in [5.41, 5.74) is 2.78. The topological polar surface area (TPSA) is 92.4 Å². The van der Waals surface area contributed by atoms with Gasteiger partial charge >= 0.3 is 0 Å². The smallest absolute Gasteiger partial charge is 0.244 e. The van der Waals surface area contributed by atoms with Gasteiger partial charge in [0.15, 0.2) is 0 Å². The molecule has 0 aliphatic rings. The molecule has 3 heterocycles. The largest absolute Gasteiger partial charge is 0.496 e. The maximum absolute atomic E-state index is 5.50. The van der Waals surface area contributed by atoms with Gasteiger partial charge in [-0.2, -0.15) is 0 Å². The van der Waals surface area contributed by atoms with Crippen molar-refractivity contribution in [1.29, 1.82) is 0 Å². The first kappa shape index (κ1) is 17.9. The van der Waals surface area contributed by atoms with Crippen molar-refractivity contribution in [3.63, 3.8) is 0 Å². The van der Waals surface area contributed by atoms with E-state index in [0.29, 0.717) is 39.9 Å². The van der Waals surface area contributed by atoms with Gasteiger partial charge in [-0.15, -0.1) is 11.3 Å². The fourth-order valence-corrected chi connectivity index (χ4v) is 3.44. The van der Waals surface area contributed by atoms with E-state index in [-0.39, 0.29) is 0 Å². The lowest BCUT2D eigenvalue weighted by molar-refractivity contribution is 0.314. The average molecular weight is 396 g/mol. The van der Waals surface area contributed by atoms with Crippen molar-refractivity contribution in [3.05, 3.63) is 40.9 Å². The first-order chi connectivity index (χ1) is 13.7. The van der Waals surface area contributed by atoms with Crippen LogP contribution in [0.25, 0.3) is 34.0 Å². The van der Waals surface area contributed by atoms with Crippen LogP contribution in [-0.4, -0.2) is 41.6 Å². The van der Waals surface area contributed by atoms with Crippen molar-refractivity contribution in [2.75, 3.05) is 21.3 Å². The number of hydrogen-bond acceptors (Lipinski definition) is 9. The average Bonchev–Trinajstić information content (AvgIpc) is 3.42. The van der Waals surface area contributed by atoms with Gasteiger partial charge in [-0.05, 0) is 33.9 Å². The number of ether oxygens (including phenoxy) is 3. The van der Waals surface area contributed by atoms with Gasteiger partial charge in [-0.3, -0.25) is 0 Å². The molecule has 4 rings (SSSR count). The summed E-state index contributed by atoms with van der Waals surface area (Å²) in [5.74, 6) is 1.87. The SMILES string of the molecule is COc1cc(OC)c(/C=C/c2nc3nonc3nc2-c2cccs2)c(OC)c1. The van der Waals surface area contributed by atoms with Crippen LogP contribution in [0.1, 0.15) is 11.3 Å². The number of benzene rings is 1. The highest BCUT2D eigenvalue weighted by atomic mass is 32.1. The lowest BCUT2D eigenvalue weighted by Gasteiger charge is -2.12. The van der Waals surface area contributed by atoms with Crippen LogP contribution in [0.4, 0.5) is 0 Å². The molecule has 3 aromatic heterocycles. The molecular formula is C19H16N4O4S. The molecule has 9 heteroatoms. The number of thiophene rings is 1. The van der Waals surface area contributed by atoms with E-state index < -0.39 is 0 Å². The molecule has 0 fully saturated rings. The van der Waals surface area contributed by atoms with Crippen molar-refractivity contribution in [1.82, 2.24) is 20.3 Å².